The molecular formula is C33H19ClFN3O4S. The molecule has 10 heteroatoms. The van der Waals surface area contributed by atoms with Crippen molar-refractivity contribution in [3.8, 4) is 0 Å². The summed E-state index contributed by atoms with van der Waals surface area (Å²) in [6.07, 6.45) is 0. The third kappa shape index (κ3) is 3.46. The zero-order chi connectivity index (χ0) is 29.6. The highest BCUT2D eigenvalue weighted by Crippen LogP contribution is 2.55. The lowest BCUT2D eigenvalue weighted by molar-refractivity contribution is -0.121. The summed E-state index contributed by atoms with van der Waals surface area (Å²) < 4.78 is 21.3. The van der Waals surface area contributed by atoms with Crippen LogP contribution in [0.1, 0.15) is 32.8 Å². The molecule has 7 nitrogen and oxygen atoms in total. The Balaban J connectivity index is 1.46. The second-order valence-corrected chi connectivity index (χ2v) is 12.0. The number of fused-ring (bicyclic) bond motifs is 6. The Morgan fingerprint density at radius 2 is 1.77 bits per heavy atom. The summed E-state index contributed by atoms with van der Waals surface area (Å²) >= 11 is 7.75. The molecule has 1 unspecified atom stereocenters. The van der Waals surface area contributed by atoms with Gasteiger partial charge in [-0.1, -0.05) is 65.4 Å². The first-order valence-corrected chi connectivity index (χ1v) is 14.6. The number of rotatable bonds is 3. The molecule has 4 aromatic carbocycles. The Morgan fingerprint density at radius 3 is 2.60 bits per heavy atom. The molecule has 2 amide bonds. The van der Waals surface area contributed by atoms with Crippen LogP contribution in [0.15, 0.2) is 94.1 Å². The first-order valence-electron chi connectivity index (χ1n) is 13.4. The number of nitrogens with zero attached hydrogens (tertiary/aromatic N) is 3. The van der Waals surface area contributed by atoms with Crippen LogP contribution in [0.25, 0.3) is 21.2 Å². The molecular weight excluding hydrogens is 589 g/mol. The molecule has 0 N–H and O–H groups in total. The second kappa shape index (κ2) is 9.07. The van der Waals surface area contributed by atoms with Crippen molar-refractivity contribution in [2.45, 2.75) is 19.0 Å². The van der Waals surface area contributed by atoms with Crippen LogP contribution in [0.3, 0.4) is 0 Å². The van der Waals surface area contributed by atoms with Crippen LogP contribution in [-0.4, -0.2) is 16.8 Å². The smallest absolute Gasteiger partial charge is 0.297 e. The molecule has 4 heterocycles. The zero-order valence-corrected chi connectivity index (χ0v) is 24.0. The molecule has 0 fully saturated rings. The standard InChI is InChI=1S/C33H19ClFN3O4S/c1-17-10-12-23-26(14-17)43-32(36-23)38-30(40)29-27(28(39)20-15-19(35)11-13-25(20)42-29)33(38)21-7-3-5-9-24(21)37(31(33)41)16-18-6-2-4-8-22(18)34/h2-15H,16H2,1H3. The van der Waals surface area contributed by atoms with E-state index in [1.165, 1.54) is 27.2 Å². The lowest BCUT2D eigenvalue weighted by atomic mass is 9.84. The van der Waals surface area contributed by atoms with Gasteiger partial charge in [0.1, 0.15) is 11.4 Å². The van der Waals surface area contributed by atoms with Gasteiger partial charge in [-0.15, -0.1) is 0 Å². The summed E-state index contributed by atoms with van der Waals surface area (Å²) in [7, 11) is 0. The number of amides is 2. The van der Waals surface area contributed by atoms with E-state index in [-0.39, 0.29) is 34.0 Å². The van der Waals surface area contributed by atoms with Crippen molar-refractivity contribution in [2.75, 3.05) is 9.80 Å². The van der Waals surface area contributed by atoms with Crippen LogP contribution in [0.5, 0.6) is 0 Å². The second-order valence-electron chi connectivity index (χ2n) is 10.6. The van der Waals surface area contributed by atoms with Crippen LogP contribution in [0.4, 0.5) is 15.2 Å². The summed E-state index contributed by atoms with van der Waals surface area (Å²) in [5.74, 6) is -2.15. The Labute approximate surface area is 252 Å². The average Bonchev–Trinajstić information content (AvgIpc) is 3.60. The van der Waals surface area contributed by atoms with Gasteiger partial charge in [0.25, 0.3) is 11.8 Å². The fraction of sp³-hybridized carbons (Fsp3) is 0.0909. The minimum atomic E-state index is -1.95. The highest BCUT2D eigenvalue weighted by Gasteiger charge is 2.66. The summed E-state index contributed by atoms with van der Waals surface area (Å²) in [4.78, 5) is 51.4. The van der Waals surface area contributed by atoms with Gasteiger partial charge >= 0.3 is 0 Å². The molecule has 6 aromatic rings. The Kier molecular flexibility index (Phi) is 5.44. The maximum absolute atomic E-state index is 15.0. The number of anilines is 2. The van der Waals surface area contributed by atoms with E-state index in [4.69, 9.17) is 21.0 Å². The maximum atomic E-state index is 15.0. The van der Waals surface area contributed by atoms with Crippen molar-refractivity contribution in [3.63, 3.8) is 0 Å². The quantitative estimate of drug-likeness (QED) is 0.217. The van der Waals surface area contributed by atoms with E-state index < -0.39 is 28.6 Å². The first kappa shape index (κ1) is 25.8. The first-order chi connectivity index (χ1) is 20.8. The molecule has 2 aliphatic heterocycles. The minimum absolute atomic E-state index is 0.0436. The van der Waals surface area contributed by atoms with E-state index >= 15 is 4.79 Å². The fourth-order valence-electron chi connectivity index (χ4n) is 6.20. The largest absolute Gasteiger partial charge is 0.450 e. The van der Waals surface area contributed by atoms with Crippen molar-refractivity contribution in [3.05, 3.63) is 134 Å². The molecule has 0 saturated carbocycles. The van der Waals surface area contributed by atoms with Gasteiger partial charge in [0.15, 0.2) is 16.1 Å². The number of para-hydroxylation sites is 1. The van der Waals surface area contributed by atoms with Crippen molar-refractivity contribution < 1.29 is 18.4 Å². The summed E-state index contributed by atoms with van der Waals surface area (Å²) in [5, 5.41) is 0.632. The van der Waals surface area contributed by atoms with Crippen LogP contribution >= 0.6 is 22.9 Å². The number of carbonyl (C=O) groups excluding carboxylic acids is 2. The van der Waals surface area contributed by atoms with Gasteiger partial charge in [0.05, 0.1) is 33.4 Å². The van der Waals surface area contributed by atoms with E-state index in [0.29, 0.717) is 27.4 Å². The highest BCUT2D eigenvalue weighted by molar-refractivity contribution is 7.22. The van der Waals surface area contributed by atoms with Crippen molar-refractivity contribution in [2.24, 2.45) is 0 Å². The minimum Gasteiger partial charge on any atom is -0.450 e. The predicted octanol–water partition coefficient (Wildman–Crippen LogP) is 6.95. The Hall–Kier alpha value is -4.86. The third-order valence-corrected chi connectivity index (χ3v) is 9.47. The summed E-state index contributed by atoms with van der Waals surface area (Å²) in [6.45, 7) is 2.04. The molecule has 0 saturated heterocycles. The number of hydrogen-bond donors (Lipinski definition) is 0. The molecule has 210 valence electrons. The summed E-state index contributed by atoms with van der Waals surface area (Å²) in [6, 6.07) is 23.4. The topological polar surface area (TPSA) is 83.7 Å². The average molecular weight is 608 g/mol. The van der Waals surface area contributed by atoms with Gasteiger partial charge < -0.3 is 9.32 Å². The number of aromatic nitrogens is 1. The van der Waals surface area contributed by atoms with E-state index in [1.807, 2.05) is 37.3 Å². The molecule has 8 rings (SSSR count). The number of aryl methyl sites for hydroxylation is 1. The van der Waals surface area contributed by atoms with Gasteiger partial charge in [-0.3, -0.25) is 19.3 Å². The van der Waals surface area contributed by atoms with E-state index in [0.717, 1.165) is 22.4 Å². The monoisotopic (exact) mass is 607 g/mol. The SMILES string of the molecule is Cc1ccc2nc(N3C(=O)c4oc5ccc(F)cc5c(=O)c4C34C(=O)N(Cc3ccccc3Cl)c3ccccc34)sc2c1. The number of hydrogen-bond acceptors (Lipinski definition) is 6. The number of halogens is 2. The van der Waals surface area contributed by atoms with E-state index in [9.17, 15) is 14.0 Å². The molecule has 0 radical (unpaired) electrons. The van der Waals surface area contributed by atoms with Gasteiger partial charge in [-0.05, 0) is 60.5 Å². The maximum Gasteiger partial charge on any atom is 0.297 e. The normalized spacial score (nSPS) is 17.5. The van der Waals surface area contributed by atoms with Crippen LogP contribution in [0.2, 0.25) is 5.02 Å². The van der Waals surface area contributed by atoms with Crippen LogP contribution < -0.4 is 15.2 Å². The molecule has 43 heavy (non-hydrogen) atoms. The van der Waals surface area contributed by atoms with Crippen molar-refractivity contribution in [1.82, 2.24) is 4.98 Å². The van der Waals surface area contributed by atoms with Crippen LogP contribution in [0, 0.1) is 12.7 Å². The fourth-order valence-corrected chi connectivity index (χ4v) is 7.51. The lowest BCUT2D eigenvalue weighted by Crippen LogP contribution is -2.53. The Bertz CT molecular complexity index is 2260. The predicted molar refractivity (Wildman–Crippen MR) is 163 cm³/mol. The van der Waals surface area contributed by atoms with Gasteiger partial charge in [-0.25, -0.2) is 9.37 Å². The number of thiazole rings is 1. The van der Waals surface area contributed by atoms with E-state index in [1.54, 1.807) is 36.4 Å². The van der Waals surface area contributed by atoms with Gasteiger partial charge in [0.2, 0.25) is 5.76 Å². The van der Waals surface area contributed by atoms with Crippen molar-refractivity contribution in [1.29, 1.82) is 0 Å². The molecule has 2 aliphatic rings. The number of benzene rings is 4. The van der Waals surface area contributed by atoms with Crippen LogP contribution in [-0.2, 0) is 16.9 Å². The molecule has 1 atom stereocenters. The lowest BCUT2D eigenvalue weighted by Gasteiger charge is -2.32. The molecule has 0 bridgehead atoms. The molecule has 2 aromatic heterocycles. The van der Waals surface area contributed by atoms with E-state index in [2.05, 4.69) is 0 Å². The highest BCUT2D eigenvalue weighted by atomic mass is 35.5. The van der Waals surface area contributed by atoms with Crippen molar-refractivity contribution >= 4 is 66.8 Å². The molecule has 0 aliphatic carbocycles. The Morgan fingerprint density at radius 1 is 0.977 bits per heavy atom. The third-order valence-electron chi connectivity index (χ3n) is 8.10. The zero-order valence-electron chi connectivity index (χ0n) is 22.4. The molecule has 1 spiro atoms. The van der Waals surface area contributed by atoms with Gasteiger partial charge in [0, 0.05) is 10.6 Å². The summed E-state index contributed by atoms with van der Waals surface area (Å²) in [5.41, 5.74) is 0.525. The van der Waals surface area contributed by atoms with Gasteiger partial charge in [-0.2, -0.15) is 0 Å². The number of carbonyl (C=O) groups is 2.